The summed E-state index contributed by atoms with van der Waals surface area (Å²) in [4.78, 5) is 25.0. The third-order valence-corrected chi connectivity index (χ3v) is 4.01. The molecule has 18 heavy (non-hydrogen) atoms. The van der Waals surface area contributed by atoms with Crippen LogP contribution in [-0.2, 0) is 10.5 Å². The number of aliphatic hydroxyl groups is 1. The lowest BCUT2D eigenvalue weighted by molar-refractivity contribution is -0.125. The number of nitrogens with zero attached hydrogens (tertiary/aromatic N) is 1. The summed E-state index contributed by atoms with van der Waals surface area (Å²) in [5.74, 6) is -0.270. The zero-order valence-corrected chi connectivity index (χ0v) is 10.2. The molecule has 0 bridgehead atoms. The van der Waals surface area contributed by atoms with Gasteiger partial charge in [-0.05, 0) is 19.4 Å². The van der Waals surface area contributed by atoms with E-state index in [2.05, 4.69) is 0 Å². The van der Waals surface area contributed by atoms with E-state index in [0.29, 0.717) is 30.5 Å². The minimum absolute atomic E-state index is 0.0482. The van der Waals surface area contributed by atoms with Crippen molar-refractivity contribution in [3.8, 4) is 0 Å². The van der Waals surface area contributed by atoms with E-state index in [1.54, 1.807) is 18.2 Å². The van der Waals surface area contributed by atoms with Crippen molar-refractivity contribution in [3.63, 3.8) is 0 Å². The van der Waals surface area contributed by atoms with Gasteiger partial charge in [0.1, 0.15) is 5.78 Å². The molecular weight excluding hydrogens is 230 g/mol. The van der Waals surface area contributed by atoms with Gasteiger partial charge in [0.25, 0.3) is 5.91 Å². The monoisotopic (exact) mass is 245 g/mol. The third kappa shape index (κ3) is 1.29. The topological polar surface area (TPSA) is 57.6 Å². The summed E-state index contributed by atoms with van der Waals surface area (Å²) in [7, 11) is 0. The molecule has 0 aliphatic carbocycles. The first-order valence-electron chi connectivity index (χ1n) is 6.18. The molecule has 1 fully saturated rings. The Kier molecular flexibility index (Phi) is 2.32. The minimum atomic E-state index is -1.28. The highest BCUT2D eigenvalue weighted by Crippen LogP contribution is 2.49. The van der Waals surface area contributed by atoms with E-state index in [-0.39, 0.29) is 17.6 Å². The summed E-state index contributed by atoms with van der Waals surface area (Å²) in [5.41, 5.74) is -0.0636. The normalized spacial score (nSPS) is 29.3. The second-order valence-corrected chi connectivity index (χ2v) is 5.12. The number of carbonyl (C=O) groups excluding carboxylic acids is 2. The van der Waals surface area contributed by atoms with Crippen LogP contribution in [0.3, 0.4) is 0 Å². The molecule has 4 nitrogen and oxygen atoms in total. The maximum absolute atomic E-state index is 12.2. The van der Waals surface area contributed by atoms with Gasteiger partial charge in [-0.2, -0.15) is 0 Å². The molecule has 0 radical (unpaired) electrons. The number of hydrogen-bond donors (Lipinski definition) is 1. The average molecular weight is 245 g/mol. The van der Waals surface area contributed by atoms with E-state index < -0.39 is 5.72 Å². The van der Waals surface area contributed by atoms with Gasteiger partial charge in [0, 0.05) is 30.0 Å². The fourth-order valence-electron chi connectivity index (χ4n) is 3.23. The number of rotatable bonds is 2. The molecule has 2 atom stereocenters. The van der Waals surface area contributed by atoms with Crippen LogP contribution in [0.1, 0.15) is 35.7 Å². The quantitative estimate of drug-likeness (QED) is 0.854. The Morgan fingerprint density at radius 1 is 1.50 bits per heavy atom. The molecule has 0 spiro atoms. The van der Waals surface area contributed by atoms with E-state index in [1.807, 2.05) is 6.07 Å². The van der Waals surface area contributed by atoms with Gasteiger partial charge in [-0.3, -0.25) is 4.79 Å². The van der Waals surface area contributed by atoms with Crippen molar-refractivity contribution in [2.45, 2.75) is 25.5 Å². The molecule has 1 N–H and O–H groups in total. The Labute approximate surface area is 105 Å². The lowest BCUT2D eigenvalue weighted by atomic mass is 9.86. The standard InChI is InChI=1S/C14H15NO3/c1-9(16)8-10-6-7-15-13(17)11-4-2-3-5-12(11)14(10,15)18/h2-5,10,18H,6-8H2,1H3/t10-,14+/m0/s1. The zero-order chi connectivity index (χ0) is 12.9. The molecule has 2 aliphatic rings. The maximum Gasteiger partial charge on any atom is 0.256 e. The lowest BCUT2D eigenvalue weighted by Gasteiger charge is -2.32. The SMILES string of the molecule is CC(=O)C[C@@H]1CCN2C(=O)c3ccccc3[C@]12O. The molecule has 2 heterocycles. The van der Waals surface area contributed by atoms with Gasteiger partial charge >= 0.3 is 0 Å². The van der Waals surface area contributed by atoms with Crippen molar-refractivity contribution >= 4 is 11.7 Å². The first-order valence-corrected chi connectivity index (χ1v) is 6.18. The van der Waals surface area contributed by atoms with Crippen LogP contribution < -0.4 is 0 Å². The summed E-state index contributed by atoms with van der Waals surface area (Å²) in [6.07, 6.45) is 0.991. The molecule has 1 aromatic rings. The predicted octanol–water partition coefficient (Wildman–Crippen LogP) is 1.29. The first kappa shape index (κ1) is 11.4. The molecule has 0 unspecified atom stereocenters. The number of carbonyl (C=O) groups is 2. The smallest absolute Gasteiger partial charge is 0.256 e. The Balaban J connectivity index is 2.10. The first-order chi connectivity index (χ1) is 8.55. The fourth-order valence-corrected chi connectivity index (χ4v) is 3.23. The molecule has 4 heteroatoms. The molecule has 1 saturated heterocycles. The molecule has 2 aliphatic heterocycles. The number of ketones is 1. The van der Waals surface area contributed by atoms with Gasteiger partial charge in [-0.25, -0.2) is 0 Å². The molecule has 0 aromatic heterocycles. The Morgan fingerprint density at radius 3 is 2.94 bits per heavy atom. The number of Topliss-reactive ketones (excluding diaryl/α,β-unsaturated/α-hetero) is 1. The van der Waals surface area contributed by atoms with Crippen LogP contribution in [0.15, 0.2) is 24.3 Å². The van der Waals surface area contributed by atoms with Crippen LogP contribution in [0.4, 0.5) is 0 Å². The highest BCUT2D eigenvalue weighted by Gasteiger charge is 2.56. The maximum atomic E-state index is 12.2. The minimum Gasteiger partial charge on any atom is -0.366 e. The molecular formula is C14H15NO3. The van der Waals surface area contributed by atoms with Gasteiger partial charge in [-0.1, -0.05) is 18.2 Å². The van der Waals surface area contributed by atoms with Crippen LogP contribution in [0.2, 0.25) is 0 Å². The van der Waals surface area contributed by atoms with Crippen molar-refractivity contribution in [3.05, 3.63) is 35.4 Å². The highest BCUT2D eigenvalue weighted by molar-refractivity contribution is 6.00. The van der Waals surface area contributed by atoms with Crippen molar-refractivity contribution in [2.24, 2.45) is 5.92 Å². The molecule has 0 saturated carbocycles. The van der Waals surface area contributed by atoms with Gasteiger partial charge < -0.3 is 14.8 Å². The second kappa shape index (κ2) is 3.65. The van der Waals surface area contributed by atoms with Gasteiger partial charge in [0.15, 0.2) is 5.72 Å². The van der Waals surface area contributed by atoms with Crippen molar-refractivity contribution < 1.29 is 14.7 Å². The average Bonchev–Trinajstić information content (AvgIpc) is 2.76. The third-order valence-electron chi connectivity index (χ3n) is 4.01. The molecule has 94 valence electrons. The molecule has 3 rings (SSSR count). The number of benzene rings is 1. The van der Waals surface area contributed by atoms with Crippen molar-refractivity contribution in [2.75, 3.05) is 6.54 Å². The number of hydrogen-bond acceptors (Lipinski definition) is 3. The largest absolute Gasteiger partial charge is 0.366 e. The van der Waals surface area contributed by atoms with E-state index in [9.17, 15) is 14.7 Å². The Bertz CT molecular complexity index is 540. The van der Waals surface area contributed by atoms with E-state index >= 15 is 0 Å². The van der Waals surface area contributed by atoms with Crippen LogP contribution in [-0.4, -0.2) is 28.2 Å². The van der Waals surface area contributed by atoms with Crippen molar-refractivity contribution in [1.29, 1.82) is 0 Å². The van der Waals surface area contributed by atoms with Crippen LogP contribution in [0, 0.1) is 5.92 Å². The Morgan fingerprint density at radius 2 is 2.22 bits per heavy atom. The fraction of sp³-hybridized carbons (Fsp3) is 0.429. The summed E-state index contributed by atoms with van der Waals surface area (Å²) in [5, 5.41) is 10.9. The zero-order valence-electron chi connectivity index (χ0n) is 10.2. The van der Waals surface area contributed by atoms with Gasteiger partial charge in [-0.15, -0.1) is 0 Å². The highest BCUT2D eigenvalue weighted by atomic mass is 16.3. The lowest BCUT2D eigenvalue weighted by Crippen LogP contribution is -2.42. The van der Waals surface area contributed by atoms with Crippen molar-refractivity contribution in [1.82, 2.24) is 4.90 Å². The summed E-state index contributed by atoms with van der Waals surface area (Å²) in [6, 6.07) is 7.13. The Hall–Kier alpha value is -1.68. The van der Waals surface area contributed by atoms with Crippen LogP contribution >= 0.6 is 0 Å². The number of amides is 1. The van der Waals surface area contributed by atoms with Gasteiger partial charge in [0.2, 0.25) is 0 Å². The van der Waals surface area contributed by atoms with Crippen LogP contribution in [0.5, 0.6) is 0 Å². The van der Waals surface area contributed by atoms with Crippen LogP contribution in [0.25, 0.3) is 0 Å². The molecule has 1 aromatic carbocycles. The second-order valence-electron chi connectivity index (χ2n) is 5.12. The predicted molar refractivity (Wildman–Crippen MR) is 64.8 cm³/mol. The summed E-state index contributed by atoms with van der Waals surface area (Å²) < 4.78 is 0. The van der Waals surface area contributed by atoms with E-state index in [0.717, 1.165) is 0 Å². The van der Waals surface area contributed by atoms with Gasteiger partial charge in [0.05, 0.1) is 0 Å². The van der Waals surface area contributed by atoms with E-state index in [4.69, 9.17) is 0 Å². The van der Waals surface area contributed by atoms with E-state index in [1.165, 1.54) is 11.8 Å². The molecule has 1 amide bonds. The number of fused-ring (bicyclic) bond motifs is 3. The summed E-state index contributed by atoms with van der Waals surface area (Å²) in [6.45, 7) is 2.04. The summed E-state index contributed by atoms with van der Waals surface area (Å²) >= 11 is 0.